The van der Waals surface area contributed by atoms with Crippen LogP contribution < -0.4 is 10.6 Å². The molecule has 1 amide bonds. The molecule has 2 heterocycles. The number of amides is 1. The first-order chi connectivity index (χ1) is 10.7. The van der Waals surface area contributed by atoms with Gasteiger partial charge in [-0.05, 0) is 69.2 Å². The lowest BCUT2D eigenvalue weighted by atomic mass is 9.84. The van der Waals surface area contributed by atoms with Gasteiger partial charge in [-0.1, -0.05) is 6.42 Å². The average molecular weight is 305 g/mol. The van der Waals surface area contributed by atoms with Crippen molar-refractivity contribution in [2.75, 3.05) is 26.2 Å². The van der Waals surface area contributed by atoms with Crippen LogP contribution in [0.3, 0.4) is 0 Å². The normalized spacial score (nSPS) is 42.3. The number of rotatable bonds is 4. The standard InChI is InChI=1S/C18H31N3O/c1-12(16-9-13-2-3-14(16)8-13)20-18(22)11-21-7-5-17-15(10-21)4-6-19-17/h12-17,19H,2-11H2,1H3,(H,20,22). The van der Waals surface area contributed by atoms with Crippen LogP contribution in [0, 0.1) is 23.7 Å². The molecular formula is C18H31N3O. The predicted octanol–water partition coefficient (Wildman–Crippen LogP) is 1.61. The number of nitrogens with one attached hydrogen (secondary N) is 2. The van der Waals surface area contributed by atoms with Gasteiger partial charge < -0.3 is 10.6 Å². The van der Waals surface area contributed by atoms with Crippen molar-refractivity contribution >= 4 is 5.91 Å². The summed E-state index contributed by atoms with van der Waals surface area (Å²) in [5, 5.41) is 6.91. The van der Waals surface area contributed by atoms with Crippen molar-refractivity contribution in [1.29, 1.82) is 0 Å². The molecule has 0 spiro atoms. The molecule has 124 valence electrons. The molecule has 2 bridgehead atoms. The zero-order valence-electron chi connectivity index (χ0n) is 13.9. The second kappa shape index (κ2) is 6.12. The van der Waals surface area contributed by atoms with Crippen molar-refractivity contribution in [3.05, 3.63) is 0 Å². The predicted molar refractivity (Wildman–Crippen MR) is 87.5 cm³/mol. The van der Waals surface area contributed by atoms with Gasteiger partial charge in [0.05, 0.1) is 6.54 Å². The Morgan fingerprint density at radius 2 is 2.14 bits per heavy atom. The first kappa shape index (κ1) is 14.9. The Morgan fingerprint density at radius 3 is 2.91 bits per heavy atom. The summed E-state index contributed by atoms with van der Waals surface area (Å²) < 4.78 is 0. The molecule has 0 aromatic carbocycles. The van der Waals surface area contributed by atoms with Crippen LogP contribution in [0.5, 0.6) is 0 Å². The number of piperidine rings is 1. The number of carbonyl (C=O) groups excluding carboxylic acids is 1. The third-order valence-corrected chi connectivity index (χ3v) is 6.93. The van der Waals surface area contributed by atoms with E-state index >= 15 is 0 Å². The van der Waals surface area contributed by atoms with Gasteiger partial charge in [-0.25, -0.2) is 0 Å². The number of hydrogen-bond donors (Lipinski definition) is 2. The Bertz CT molecular complexity index is 427. The number of carbonyl (C=O) groups is 1. The Hall–Kier alpha value is -0.610. The van der Waals surface area contributed by atoms with E-state index < -0.39 is 0 Å². The maximum atomic E-state index is 12.4. The van der Waals surface area contributed by atoms with Crippen molar-refractivity contribution in [2.45, 2.75) is 57.5 Å². The van der Waals surface area contributed by atoms with E-state index in [-0.39, 0.29) is 5.91 Å². The van der Waals surface area contributed by atoms with Gasteiger partial charge in [0.15, 0.2) is 0 Å². The summed E-state index contributed by atoms with van der Waals surface area (Å²) in [5.74, 6) is 3.61. The van der Waals surface area contributed by atoms with Crippen LogP contribution in [0.1, 0.15) is 45.4 Å². The van der Waals surface area contributed by atoms with Crippen molar-refractivity contribution < 1.29 is 4.79 Å². The highest BCUT2D eigenvalue weighted by Gasteiger charge is 2.42. The van der Waals surface area contributed by atoms with Crippen molar-refractivity contribution in [1.82, 2.24) is 15.5 Å². The first-order valence-electron chi connectivity index (χ1n) is 9.44. The van der Waals surface area contributed by atoms with E-state index in [1.807, 2.05) is 0 Å². The number of hydrogen-bond acceptors (Lipinski definition) is 3. The topological polar surface area (TPSA) is 44.4 Å². The van der Waals surface area contributed by atoms with Gasteiger partial charge in [0.2, 0.25) is 5.91 Å². The van der Waals surface area contributed by atoms with Gasteiger partial charge in [-0.2, -0.15) is 0 Å². The Labute approximate surface area is 134 Å². The van der Waals surface area contributed by atoms with E-state index in [2.05, 4.69) is 22.5 Å². The van der Waals surface area contributed by atoms with Gasteiger partial charge in [0.1, 0.15) is 0 Å². The molecule has 2 saturated heterocycles. The lowest BCUT2D eigenvalue weighted by molar-refractivity contribution is -0.123. The van der Waals surface area contributed by atoms with E-state index in [1.54, 1.807) is 0 Å². The van der Waals surface area contributed by atoms with Crippen molar-refractivity contribution in [3.63, 3.8) is 0 Å². The molecule has 6 atom stereocenters. The number of fused-ring (bicyclic) bond motifs is 3. The molecule has 4 heteroatoms. The van der Waals surface area contributed by atoms with Crippen molar-refractivity contribution in [2.24, 2.45) is 23.7 Å². The second-order valence-corrected chi connectivity index (χ2v) is 8.33. The fraction of sp³-hybridized carbons (Fsp3) is 0.944. The fourth-order valence-corrected chi connectivity index (χ4v) is 5.78. The molecule has 6 unspecified atom stereocenters. The highest BCUT2D eigenvalue weighted by Crippen LogP contribution is 2.49. The largest absolute Gasteiger partial charge is 0.352 e. The quantitative estimate of drug-likeness (QED) is 0.829. The van der Waals surface area contributed by atoms with Crippen LogP contribution in [0.15, 0.2) is 0 Å². The van der Waals surface area contributed by atoms with E-state index in [1.165, 1.54) is 38.5 Å². The Morgan fingerprint density at radius 1 is 1.23 bits per heavy atom. The minimum Gasteiger partial charge on any atom is -0.352 e. The maximum absolute atomic E-state index is 12.4. The summed E-state index contributed by atoms with van der Waals surface area (Å²) in [6.45, 7) is 6.18. The van der Waals surface area contributed by atoms with E-state index in [0.29, 0.717) is 18.6 Å². The molecule has 4 fully saturated rings. The summed E-state index contributed by atoms with van der Waals surface area (Å²) in [6.07, 6.45) is 8.10. The molecule has 22 heavy (non-hydrogen) atoms. The molecule has 2 aliphatic carbocycles. The second-order valence-electron chi connectivity index (χ2n) is 8.33. The minimum atomic E-state index is 0.250. The zero-order chi connectivity index (χ0) is 15.1. The van der Waals surface area contributed by atoms with E-state index in [9.17, 15) is 4.79 Å². The minimum absolute atomic E-state index is 0.250. The SMILES string of the molecule is CC(NC(=O)CN1CCC2NCCC2C1)C1CC2CCC1C2. The summed E-state index contributed by atoms with van der Waals surface area (Å²) in [7, 11) is 0. The third-order valence-electron chi connectivity index (χ3n) is 6.93. The van der Waals surface area contributed by atoms with Crippen LogP contribution >= 0.6 is 0 Å². The molecule has 4 rings (SSSR count). The maximum Gasteiger partial charge on any atom is 0.234 e. The smallest absolute Gasteiger partial charge is 0.234 e. The van der Waals surface area contributed by atoms with Crippen LogP contribution in [-0.2, 0) is 4.79 Å². The molecule has 0 radical (unpaired) electrons. The average Bonchev–Trinajstić information content (AvgIpc) is 3.22. The van der Waals surface area contributed by atoms with Gasteiger partial charge in [0, 0.05) is 25.2 Å². The molecular weight excluding hydrogens is 274 g/mol. The summed E-state index contributed by atoms with van der Waals surface area (Å²) in [5.41, 5.74) is 0. The number of likely N-dealkylation sites (tertiary alicyclic amines) is 1. The third kappa shape index (κ3) is 2.92. The molecule has 0 aromatic rings. The number of nitrogens with zero attached hydrogens (tertiary/aromatic N) is 1. The fourth-order valence-electron chi connectivity index (χ4n) is 5.78. The van der Waals surface area contributed by atoms with Crippen LogP contribution in [0.4, 0.5) is 0 Å². The monoisotopic (exact) mass is 305 g/mol. The summed E-state index contributed by atoms with van der Waals surface area (Å²) >= 11 is 0. The lowest BCUT2D eigenvalue weighted by Gasteiger charge is -2.35. The molecule has 2 saturated carbocycles. The van der Waals surface area contributed by atoms with E-state index in [4.69, 9.17) is 0 Å². The Kier molecular flexibility index (Phi) is 4.16. The summed E-state index contributed by atoms with van der Waals surface area (Å²) in [6, 6.07) is 1.08. The highest BCUT2D eigenvalue weighted by atomic mass is 16.2. The Balaban J connectivity index is 1.24. The van der Waals surface area contributed by atoms with Gasteiger partial charge in [-0.3, -0.25) is 9.69 Å². The highest BCUT2D eigenvalue weighted by molar-refractivity contribution is 5.78. The van der Waals surface area contributed by atoms with Crippen LogP contribution in [-0.4, -0.2) is 49.1 Å². The van der Waals surface area contributed by atoms with Gasteiger partial charge in [0.25, 0.3) is 0 Å². The molecule has 0 aromatic heterocycles. The summed E-state index contributed by atoms with van der Waals surface area (Å²) in [4.78, 5) is 14.8. The zero-order valence-corrected chi connectivity index (χ0v) is 13.9. The van der Waals surface area contributed by atoms with Crippen LogP contribution in [0.2, 0.25) is 0 Å². The van der Waals surface area contributed by atoms with Crippen molar-refractivity contribution in [3.8, 4) is 0 Å². The molecule has 2 N–H and O–H groups in total. The first-order valence-corrected chi connectivity index (χ1v) is 9.44. The van der Waals surface area contributed by atoms with Crippen LogP contribution in [0.25, 0.3) is 0 Å². The van der Waals surface area contributed by atoms with E-state index in [0.717, 1.165) is 43.3 Å². The van der Waals surface area contributed by atoms with Gasteiger partial charge in [-0.15, -0.1) is 0 Å². The molecule has 4 nitrogen and oxygen atoms in total. The van der Waals surface area contributed by atoms with Gasteiger partial charge >= 0.3 is 0 Å². The molecule has 4 aliphatic rings. The lowest BCUT2D eigenvalue weighted by Crippen LogP contribution is -2.50. The molecule has 2 aliphatic heterocycles.